The minimum Gasteiger partial charge on any atom is -0.385 e. The molecule has 0 aliphatic rings. The van der Waals surface area contributed by atoms with Crippen LogP contribution in [0.25, 0.3) is 0 Å². The molecule has 0 saturated heterocycles. The van der Waals surface area contributed by atoms with E-state index in [4.69, 9.17) is 14.2 Å². The van der Waals surface area contributed by atoms with Gasteiger partial charge in [0, 0.05) is 26.9 Å². The maximum Gasteiger partial charge on any atom is 0.0701 e. The summed E-state index contributed by atoms with van der Waals surface area (Å²) in [5.41, 5.74) is 0. The number of ether oxygens (including phenoxy) is 3. The fraction of sp³-hybridized carbons (Fsp3) is 1.00. The summed E-state index contributed by atoms with van der Waals surface area (Å²) < 4.78 is 15.8. The highest BCUT2D eigenvalue weighted by Gasteiger charge is 1.92. The molecule has 110 valence electrons. The van der Waals surface area contributed by atoms with E-state index in [0.717, 1.165) is 39.3 Å². The van der Waals surface area contributed by atoms with Crippen molar-refractivity contribution in [3.8, 4) is 0 Å². The summed E-state index contributed by atoms with van der Waals surface area (Å²) in [6.45, 7) is 7.95. The maximum absolute atomic E-state index is 5.45. The molecule has 0 fully saturated rings. The second-order valence-electron chi connectivity index (χ2n) is 4.38. The van der Waals surface area contributed by atoms with Crippen LogP contribution in [0.1, 0.15) is 39.0 Å². The summed E-state index contributed by atoms with van der Waals surface area (Å²) in [6.07, 6.45) is 6.21. The van der Waals surface area contributed by atoms with E-state index in [1.807, 2.05) is 0 Å². The lowest BCUT2D eigenvalue weighted by molar-refractivity contribution is 0.0408. The molecular formula is C14H31NO3. The minimum atomic E-state index is 0.681. The molecule has 0 saturated carbocycles. The highest BCUT2D eigenvalue weighted by atomic mass is 16.5. The summed E-state index contributed by atoms with van der Waals surface area (Å²) in [4.78, 5) is 0. The molecule has 0 atom stereocenters. The van der Waals surface area contributed by atoms with Crippen molar-refractivity contribution in [3.05, 3.63) is 0 Å². The summed E-state index contributed by atoms with van der Waals surface area (Å²) in [7, 11) is 1.71. The third-order valence-electron chi connectivity index (χ3n) is 2.64. The predicted molar refractivity (Wildman–Crippen MR) is 75.1 cm³/mol. The second kappa shape index (κ2) is 16.8. The molecule has 0 aromatic carbocycles. The highest BCUT2D eigenvalue weighted by Crippen LogP contribution is 1.96. The average molecular weight is 261 g/mol. The largest absolute Gasteiger partial charge is 0.385 e. The van der Waals surface area contributed by atoms with Crippen LogP contribution in [0.3, 0.4) is 0 Å². The molecule has 0 radical (unpaired) electrons. The van der Waals surface area contributed by atoms with Crippen molar-refractivity contribution in [3.63, 3.8) is 0 Å². The van der Waals surface area contributed by atoms with E-state index in [9.17, 15) is 0 Å². The summed E-state index contributed by atoms with van der Waals surface area (Å²) in [5, 5.41) is 3.38. The first kappa shape index (κ1) is 17.8. The number of hydrogen-bond acceptors (Lipinski definition) is 4. The van der Waals surface area contributed by atoms with Crippen LogP contribution in [0.5, 0.6) is 0 Å². The molecule has 4 heteroatoms. The standard InChI is InChI=1S/C14H31NO3/c1-3-4-5-6-8-15-9-12-18-14-13-17-11-7-10-16-2/h15H,3-14H2,1-2H3. The van der Waals surface area contributed by atoms with E-state index in [1.54, 1.807) is 7.11 Å². The van der Waals surface area contributed by atoms with Crippen LogP contribution in [-0.2, 0) is 14.2 Å². The zero-order valence-electron chi connectivity index (χ0n) is 12.2. The Morgan fingerprint density at radius 2 is 1.50 bits per heavy atom. The lowest BCUT2D eigenvalue weighted by Gasteiger charge is -2.07. The summed E-state index contributed by atoms with van der Waals surface area (Å²) in [6, 6.07) is 0. The van der Waals surface area contributed by atoms with Gasteiger partial charge in [-0.3, -0.25) is 0 Å². The van der Waals surface area contributed by atoms with E-state index < -0.39 is 0 Å². The number of rotatable bonds is 15. The first-order valence-electron chi connectivity index (χ1n) is 7.27. The van der Waals surface area contributed by atoms with E-state index in [2.05, 4.69) is 12.2 Å². The topological polar surface area (TPSA) is 39.7 Å². The fourth-order valence-electron chi connectivity index (χ4n) is 1.57. The van der Waals surface area contributed by atoms with Crippen molar-refractivity contribution >= 4 is 0 Å². The minimum absolute atomic E-state index is 0.681. The highest BCUT2D eigenvalue weighted by molar-refractivity contribution is 4.48. The molecule has 4 nitrogen and oxygen atoms in total. The predicted octanol–water partition coefficient (Wildman–Crippen LogP) is 2.23. The van der Waals surface area contributed by atoms with Crippen molar-refractivity contribution in [2.45, 2.75) is 39.0 Å². The number of hydrogen-bond donors (Lipinski definition) is 1. The van der Waals surface area contributed by atoms with Crippen molar-refractivity contribution in [2.24, 2.45) is 0 Å². The van der Waals surface area contributed by atoms with Gasteiger partial charge in [-0.15, -0.1) is 0 Å². The summed E-state index contributed by atoms with van der Waals surface area (Å²) in [5.74, 6) is 0. The zero-order chi connectivity index (χ0) is 13.3. The monoisotopic (exact) mass is 261 g/mol. The second-order valence-corrected chi connectivity index (χ2v) is 4.38. The molecule has 0 heterocycles. The van der Waals surface area contributed by atoms with Gasteiger partial charge in [-0.25, -0.2) is 0 Å². The lowest BCUT2D eigenvalue weighted by Crippen LogP contribution is -2.21. The Morgan fingerprint density at radius 1 is 0.722 bits per heavy atom. The van der Waals surface area contributed by atoms with Crippen LogP contribution in [0.15, 0.2) is 0 Å². The molecule has 0 bridgehead atoms. The van der Waals surface area contributed by atoms with Crippen molar-refractivity contribution in [1.29, 1.82) is 0 Å². The van der Waals surface area contributed by atoms with Crippen LogP contribution in [-0.4, -0.2) is 53.2 Å². The van der Waals surface area contributed by atoms with Crippen LogP contribution < -0.4 is 5.32 Å². The van der Waals surface area contributed by atoms with E-state index in [0.29, 0.717) is 13.2 Å². The van der Waals surface area contributed by atoms with Gasteiger partial charge in [0.15, 0.2) is 0 Å². The van der Waals surface area contributed by atoms with Crippen LogP contribution in [0.2, 0.25) is 0 Å². The molecule has 18 heavy (non-hydrogen) atoms. The Morgan fingerprint density at radius 3 is 2.22 bits per heavy atom. The van der Waals surface area contributed by atoms with Crippen molar-refractivity contribution < 1.29 is 14.2 Å². The van der Waals surface area contributed by atoms with E-state index >= 15 is 0 Å². The van der Waals surface area contributed by atoms with Crippen molar-refractivity contribution in [1.82, 2.24) is 5.32 Å². The van der Waals surface area contributed by atoms with Crippen LogP contribution in [0, 0.1) is 0 Å². The van der Waals surface area contributed by atoms with Gasteiger partial charge in [0.05, 0.1) is 19.8 Å². The number of unbranched alkanes of at least 4 members (excludes halogenated alkanes) is 3. The zero-order valence-corrected chi connectivity index (χ0v) is 12.2. The van der Waals surface area contributed by atoms with E-state index in [1.165, 1.54) is 25.7 Å². The lowest BCUT2D eigenvalue weighted by atomic mass is 10.2. The van der Waals surface area contributed by atoms with Gasteiger partial charge in [-0.1, -0.05) is 26.2 Å². The molecule has 0 aromatic heterocycles. The SMILES string of the molecule is CCCCCCNCCOCCOCCCOC. The molecular weight excluding hydrogens is 230 g/mol. The third kappa shape index (κ3) is 15.8. The van der Waals surface area contributed by atoms with Crippen LogP contribution in [0.4, 0.5) is 0 Å². The van der Waals surface area contributed by atoms with Gasteiger partial charge in [-0.2, -0.15) is 0 Å². The quantitative estimate of drug-likeness (QED) is 0.459. The normalized spacial score (nSPS) is 11.0. The molecule has 0 rings (SSSR count). The molecule has 0 aromatic rings. The van der Waals surface area contributed by atoms with E-state index in [-0.39, 0.29) is 0 Å². The number of nitrogens with one attached hydrogen (secondary N) is 1. The van der Waals surface area contributed by atoms with Gasteiger partial charge in [0.25, 0.3) is 0 Å². The van der Waals surface area contributed by atoms with Gasteiger partial charge in [0.2, 0.25) is 0 Å². The Labute approximate surface area is 112 Å². The van der Waals surface area contributed by atoms with Crippen molar-refractivity contribution in [2.75, 3.05) is 53.2 Å². The first-order chi connectivity index (χ1) is 8.91. The Hall–Kier alpha value is -0.160. The molecule has 0 unspecified atom stereocenters. The van der Waals surface area contributed by atoms with Gasteiger partial charge < -0.3 is 19.5 Å². The average Bonchev–Trinajstić information content (AvgIpc) is 2.39. The Balaban J connectivity index is 2.86. The molecule has 0 spiro atoms. The molecule has 0 aliphatic carbocycles. The van der Waals surface area contributed by atoms with Gasteiger partial charge in [-0.05, 0) is 19.4 Å². The third-order valence-corrected chi connectivity index (χ3v) is 2.64. The first-order valence-corrected chi connectivity index (χ1v) is 7.27. The van der Waals surface area contributed by atoms with Gasteiger partial charge in [0.1, 0.15) is 0 Å². The Bertz CT molecular complexity index is 129. The fourth-order valence-corrected chi connectivity index (χ4v) is 1.57. The molecule has 0 amide bonds. The molecule has 0 aliphatic heterocycles. The van der Waals surface area contributed by atoms with Crippen LogP contribution >= 0.6 is 0 Å². The Kier molecular flexibility index (Phi) is 16.7. The smallest absolute Gasteiger partial charge is 0.0701 e. The van der Waals surface area contributed by atoms with Gasteiger partial charge >= 0.3 is 0 Å². The summed E-state index contributed by atoms with van der Waals surface area (Å²) >= 11 is 0. The maximum atomic E-state index is 5.45. The number of methoxy groups -OCH3 is 1. The molecule has 1 N–H and O–H groups in total.